The number of hydrogen-bond acceptors (Lipinski definition) is 1. The van der Waals surface area contributed by atoms with Crippen molar-refractivity contribution in [2.24, 2.45) is 10.8 Å². The Morgan fingerprint density at radius 1 is 1.38 bits per heavy atom. The van der Waals surface area contributed by atoms with E-state index >= 15 is 0 Å². The van der Waals surface area contributed by atoms with Crippen molar-refractivity contribution in [2.45, 2.75) is 52.4 Å². The molecule has 1 heteroatoms. The van der Waals surface area contributed by atoms with Gasteiger partial charge in [0.25, 0.3) is 0 Å². The molecule has 1 nitrogen and oxygen atoms in total. The molecule has 0 aliphatic heterocycles. The smallest absolute Gasteiger partial charge is 0.0498 e. The van der Waals surface area contributed by atoms with Crippen LogP contribution in [0.2, 0.25) is 0 Å². The van der Waals surface area contributed by atoms with Crippen molar-refractivity contribution >= 4 is 0 Å². The van der Waals surface area contributed by atoms with Gasteiger partial charge in [-0.1, -0.05) is 30.7 Å². The Bertz CT molecular complexity index is 328. The molecule has 1 N–H and O–H groups in total. The minimum atomic E-state index is 0.0695. The third kappa shape index (κ3) is 1.57. The molecule has 16 heavy (non-hydrogen) atoms. The van der Waals surface area contributed by atoms with E-state index < -0.39 is 0 Å². The average molecular weight is 220 g/mol. The monoisotopic (exact) mass is 220 g/mol. The van der Waals surface area contributed by atoms with Crippen molar-refractivity contribution in [1.29, 1.82) is 0 Å². The van der Waals surface area contributed by atoms with Crippen LogP contribution in [0.4, 0.5) is 0 Å². The Labute approximate surface area is 99.3 Å². The van der Waals surface area contributed by atoms with Crippen LogP contribution < -0.4 is 0 Å². The van der Waals surface area contributed by atoms with Crippen LogP contribution in [0.15, 0.2) is 23.8 Å². The number of allylic oxidation sites excluding steroid dienone is 3. The van der Waals surface area contributed by atoms with Gasteiger partial charge in [0.2, 0.25) is 0 Å². The van der Waals surface area contributed by atoms with Crippen LogP contribution in [-0.2, 0) is 0 Å². The van der Waals surface area contributed by atoms with E-state index in [1.165, 1.54) is 24.0 Å². The van der Waals surface area contributed by atoms with Crippen LogP contribution in [-0.4, -0.2) is 11.7 Å². The summed E-state index contributed by atoms with van der Waals surface area (Å²) in [5.74, 6) is 0. The molecule has 0 aromatic heterocycles. The molecule has 2 aliphatic rings. The van der Waals surface area contributed by atoms with E-state index in [2.05, 4.69) is 26.5 Å². The lowest BCUT2D eigenvalue weighted by molar-refractivity contribution is 0.00917. The summed E-state index contributed by atoms with van der Waals surface area (Å²) in [6, 6.07) is 0. The van der Waals surface area contributed by atoms with Gasteiger partial charge in [-0.25, -0.2) is 0 Å². The molecule has 1 saturated carbocycles. The standard InChI is InChI=1S/C15H24O/c1-12-6-9-15(11-16,10-7-12)14(3)8-4-5-13(14)2/h6,16H,2,4-5,7-11H2,1,3H3/t14-,15-/m1/s1. The van der Waals surface area contributed by atoms with E-state index in [1.54, 1.807) is 0 Å². The Balaban J connectivity index is 2.31. The van der Waals surface area contributed by atoms with E-state index in [9.17, 15) is 5.11 Å². The molecule has 2 rings (SSSR count). The van der Waals surface area contributed by atoms with Gasteiger partial charge in [-0.05, 0) is 50.9 Å². The number of aliphatic hydroxyl groups is 1. The van der Waals surface area contributed by atoms with Crippen molar-refractivity contribution in [3.05, 3.63) is 23.8 Å². The molecule has 0 aromatic rings. The summed E-state index contributed by atoms with van der Waals surface area (Å²) < 4.78 is 0. The Hall–Kier alpha value is -0.560. The second kappa shape index (κ2) is 4.03. The summed E-state index contributed by atoms with van der Waals surface area (Å²) in [6.45, 7) is 9.10. The minimum Gasteiger partial charge on any atom is -0.396 e. The molecule has 0 aromatic carbocycles. The zero-order chi connectivity index (χ0) is 11.8. The average Bonchev–Trinajstić information content (AvgIpc) is 2.62. The summed E-state index contributed by atoms with van der Waals surface area (Å²) in [5.41, 5.74) is 3.09. The van der Waals surface area contributed by atoms with Gasteiger partial charge >= 0.3 is 0 Å². The van der Waals surface area contributed by atoms with Gasteiger partial charge in [-0.3, -0.25) is 0 Å². The van der Waals surface area contributed by atoms with Gasteiger partial charge in [-0.15, -0.1) is 0 Å². The van der Waals surface area contributed by atoms with Gasteiger partial charge in [0.05, 0.1) is 0 Å². The maximum atomic E-state index is 9.90. The van der Waals surface area contributed by atoms with E-state index in [1.807, 2.05) is 0 Å². The molecule has 0 heterocycles. The normalized spacial score (nSPS) is 39.9. The second-order valence-electron chi connectivity index (χ2n) is 5.98. The molecular weight excluding hydrogens is 196 g/mol. The lowest BCUT2D eigenvalue weighted by Crippen LogP contribution is -2.43. The summed E-state index contributed by atoms with van der Waals surface area (Å²) in [5, 5.41) is 9.90. The Morgan fingerprint density at radius 3 is 2.56 bits per heavy atom. The third-order valence-corrected chi connectivity index (χ3v) is 5.25. The SMILES string of the molecule is C=C1CCC[C@@]1(C)[C@]1(CO)CC=C(C)CC1. The minimum absolute atomic E-state index is 0.0695. The second-order valence-corrected chi connectivity index (χ2v) is 5.98. The van der Waals surface area contributed by atoms with Crippen LogP contribution in [0, 0.1) is 10.8 Å². The summed E-state index contributed by atoms with van der Waals surface area (Å²) in [7, 11) is 0. The maximum Gasteiger partial charge on any atom is 0.0498 e. The summed E-state index contributed by atoms with van der Waals surface area (Å²) in [4.78, 5) is 0. The fourth-order valence-electron chi connectivity index (χ4n) is 3.58. The van der Waals surface area contributed by atoms with Gasteiger partial charge in [0, 0.05) is 12.0 Å². The summed E-state index contributed by atoms with van der Waals surface area (Å²) >= 11 is 0. The Kier molecular flexibility index (Phi) is 3.00. The van der Waals surface area contributed by atoms with Gasteiger partial charge in [0.15, 0.2) is 0 Å². The van der Waals surface area contributed by atoms with Crippen LogP contribution in [0.25, 0.3) is 0 Å². The fraction of sp³-hybridized carbons (Fsp3) is 0.733. The highest BCUT2D eigenvalue weighted by atomic mass is 16.3. The van der Waals surface area contributed by atoms with Crippen LogP contribution in [0.3, 0.4) is 0 Å². The van der Waals surface area contributed by atoms with Gasteiger partial charge < -0.3 is 5.11 Å². The highest BCUT2D eigenvalue weighted by molar-refractivity contribution is 5.23. The molecular formula is C15H24O. The molecule has 0 amide bonds. The van der Waals surface area contributed by atoms with E-state index in [4.69, 9.17) is 0 Å². The lowest BCUT2D eigenvalue weighted by Gasteiger charge is -2.48. The van der Waals surface area contributed by atoms with Crippen molar-refractivity contribution in [1.82, 2.24) is 0 Å². The molecule has 2 atom stereocenters. The molecule has 2 aliphatic carbocycles. The molecule has 0 saturated heterocycles. The highest BCUT2D eigenvalue weighted by Gasteiger charge is 2.50. The van der Waals surface area contributed by atoms with Crippen molar-refractivity contribution < 1.29 is 5.11 Å². The van der Waals surface area contributed by atoms with Crippen LogP contribution in [0.5, 0.6) is 0 Å². The summed E-state index contributed by atoms with van der Waals surface area (Å²) in [6.07, 6.45) is 9.24. The van der Waals surface area contributed by atoms with Crippen molar-refractivity contribution in [3.8, 4) is 0 Å². The quantitative estimate of drug-likeness (QED) is 0.701. The first-order valence-corrected chi connectivity index (χ1v) is 6.49. The van der Waals surface area contributed by atoms with Crippen molar-refractivity contribution in [3.63, 3.8) is 0 Å². The first kappa shape index (κ1) is 11.9. The predicted molar refractivity (Wildman–Crippen MR) is 68.2 cm³/mol. The first-order chi connectivity index (χ1) is 7.54. The molecule has 0 bridgehead atoms. The Morgan fingerprint density at radius 2 is 2.12 bits per heavy atom. The van der Waals surface area contributed by atoms with Crippen LogP contribution in [0.1, 0.15) is 52.4 Å². The first-order valence-electron chi connectivity index (χ1n) is 6.49. The number of hydrogen-bond donors (Lipinski definition) is 1. The van der Waals surface area contributed by atoms with E-state index in [-0.39, 0.29) is 10.8 Å². The zero-order valence-corrected chi connectivity index (χ0v) is 10.7. The third-order valence-electron chi connectivity index (χ3n) is 5.25. The zero-order valence-electron chi connectivity index (χ0n) is 10.7. The van der Waals surface area contributed by atoms with E-state index in [0.29, 0.717) is 6.61 Å². The number of rotatable bonds is 2. The molecule has 0 radical (unpaired) electrons. The molecule has 0 spiro atoms. The fourth-order valence-corrected chi connectivity index (χ4v) is 3.58. The van der Waals surface area contributed by atoms with E-state index in [0.717, 1.165) is 25.7 Å². The molecule has 1 fully saturated rings. The largest absolute Gasteiger partial charge is 0.396 e. The maximum absolute atomic E-state index is 9.90. The topological polar surface area (TPSA) is 20.2 Å². The van der Waals surface area contributed by atoms with Crippen molar-refractivity contribution in [2.75, 3.05) is 6.61 Å². The predicted octanol–water partition coefficient (Wildman–Crippen LogP) is 3.84. The van der Waals surface area contributed by atoms with Gasteiger partial charge in [-0.2, -0.15) is 0 Å². The lowest BCUT2D eigenvalue weighted by atomic mass is 9.56. The molecule has 90 valence electrons. The molecule has 0 unspecified atom stereocenters. The van der Waals surface area contributed by atoms with Gasteiger partial charge in [0.1, 0.15) is 0 Å². The highest BCUT2D eigenvalue weighted by Crippen LogP contribution is 2.58. The van der Waals surface area contributed by atoms with Crippen LogP contribution >= 0.6 is 0 Å². The number of aliphatic hydroxyl groups excluding tert-OH is 1.